The molecule has 0 aromatic heterocycles. The number of carbonyl (C=O) groups excluding carboxylic acids is 2. The van der Waals surface area contributed by atoms with Crippen molar-refractivity contribution in [2.75, 3.05) is 19.5 Å². The molecule has 1 amide bonds. The highest BCUT2D eigenvalue weighted by atomic mass is 19.1. The monoisotopic (exact) mass is 347 g/mol. The van der Waals surface area contributed by atoms with Crippen LogP contribution in [-0.2, 0) is 9.53 Å². The van der Waals surface area contributed by atoms with Crippen LogP contribution in [0.25, 0.3) is 0 Å². The normalized spacial score (nSPS) is 11.4. The lowest BCUT2D eigenvalue weighted by Gasteiger charge is -2.14. The predicted octanol–water partition coefficient (Wildman–Crippen LogP) is 3.03. The molecule has 0 bridgehead atoms. The van der Waals surface area contributed by atoms with E-state index < -0.39 is 23.8 Å². The van der Waals surface area contributed by atoms with Gasteiger partial charge in [0.05, 0.1) is 19.8 Å². The maximum atomic E-state index is 13.6. The predicted molar refractivity (Wildman–Crippen MR) is 89.5 cm³/mol. The van der Waals surface area contributed by atoms with Gasteiger partial charge in [-0.25, -0.2) is 9.18 Å². The van der Waals surface area contributed by atoms with E-state index in [1.807, 2.05) is 0 Å². The molecule has 2 aromatic rings. The first-order valence-electron chi connectivity index (χ1n) is 7.44. The molecule has 0 spiro atoms. The van der Waals surface area contributed by atoms with Crippen molar-refractivity contribution in [3.63, 3.8) is 0 Å². The molecule has 25 heavy (non-hydrogen) atoms. The number of hydrogen-bond donors (Lipinski definition) is 1. The second-order valence-corrected chi connectivity index (χ2v) is 5.11. The number of rotatable bonds is 6. The first-order valence-corrected chi connectivity index (χ1v) is 7.44. The molecule has 0 saturated carbocycles. The van der Waals surface area contributed by atoms with E-state index in [1.54, 1.807) is 24.3 Å². The van der Waals surface area contributed by atoms with Crippen LogP contribution in [0.2, 0.25) is 0 Å². The van der Waals surface area contributed by atoms with Crippen LogP contribution in [-0.4, -0.2) is 32.2 Å². The summed E-state index contributed by atoms with van der Waals surface area (Å²) in [5, 5.41) is 2.61. The van der Waals surface area contributed by atoms with Crippen LogP contribution < -0.4 is 14.8 Å². The van der Waals surface area contributed by atoms with Gasteiger partial charge in [0.1, 0.15) is 5.75 Å². The molecular formula is C18H18FNO5. The summed E-state index contributed by atoms with van der Waals surface area (Å²) in [6, 6.07) is 10.4. The molecule has 0 aliphatic carbocycles. The largest absolute Gasteiger partial charge is 0.497 e. The molecule has 0 fully saturated rings. The van der Waals surface area contributed by atoms with Crippen LogP contribution in [0.1, 0.15) is 17.3 Å². The van der Waals surface area contributed by atoms with E-state index in [9.17, 15) is 14.0 Å². The topological polar surface area (TPSA) is 73.9 Å². The van der Waals surface area contributed by atoms with E-state index in [0.717, 1.165) is 6.07 Å². The van der Waals surface area contributed by atoms with Crippen LogP contribution in [0, 0.1) is 5.82 Å². The van der Waals surface area contributed by atoms with Crippen LogP contribution >= 0.6 is 0 Å². The van der Waals surface area contributed by atoms with Gasteiger partial charge in [0.15, 0.2) is 17.7 Å². The first-order chi connectivity index (χ1) is 11.9. The minimum atomic E-state index is -1.06. The van der Waals surface area contributed by atoms with E-state index in [0.29, 0.717) is 11.4 Å². The SMILES string of the molecule is COc1ccc(NC(=O)[C@@H](C)OC(=O)c2ccc(OC)c(F)c2)cc1. The summed E-state index contributed by atoms with van der Waals surface area (Å²) >= 11 is 0. The maximum Gasteiger partial charge on any atom is 0.339 e. The summed E-state index contributed by atoms with van der Waals surface area (Å²) in [6.07, 6.45) is -1.06. The molecule has 0 aliphatic heterocycles. The second-order valence-electron chi connectivity index (χ2n) is 5.11. The van der Waals surface area contributed by atoms with Gasteiger partial charge in [0, 0.05) is 5.69 Å². The standard InChI is InChI=1S/C18H18FNO5/c1-11(17(21)20-13-5-7-14(23-2)8-6-13)25-18(22)12-4-9-16(24-3)15(19)10-12/h4-11H,1-3H3,(H,20,21)/t11-/m1/s1. The lowest BCUT2D eigenvalue weighted by atomic mass is 10.2. The van der Waals surface area contributed by atoms with Gasteiger partial charge in [-0.1, -0.05) is 0 Å². The van der Waals surface area contributed by atoms with Gasteiger partial charge in [-0.15, -0.1) is 0 Å². The van der Waals surface area contributed by atoms with Crippen molar-refractivity contribution in [3.05, 3.63) is 53.8 Å². The fraction of sp³-hybridized carbons (Fsp3) is 0.222. The quantitative estimate of drug-likeness (QED) is 0.813. The molecule has 1 N–H and O–H groups in total. The Hall–Kier alpha value is -3.09. The van der Waals surface area contributed by atoms with E-state index in [2.05, 4.69) is 5.32 Å². The highest BCUT2D eigenvalue weighted by Gasteiger charge is 2.20. The average Bonchev–Trinajstić information content (AvgIpc) is 2.62. The number of nitrogens with one attached hydrogen (secondary N) is 1. The van der Waals surface area contributed by atoms with Crippen LogP contribution in [0.5, 0.6) is 11.5 Å². The van der Waals surface area contributed by atoms with E-state index in [1.165, 1.54) is 33.3 Å². The second kappa shape index (κ2) is 8.14. The number of amides is 1. The van der Waals surface area contributed by atoms with Crippen LogP contribution in [0.4, 0.5) is 10.1 Å². The maximum absolute atomic E-state index is 13.6. The van der Waals surface area contributed by atoms with E-state index in [-0.39, 0.29) is 11.3 Å². The summed E-state index contributed by atoms with van der Waals surface area (Å²) in [5.41, 5.74) is 0.520. The van der Waals surface area contributed by atoms with E-state index >= 15 is 0 Å². The number of benzene rings is 2. The first kappa shape index (κ1) is 18.3. The molecular weight excluding hydrogens is 329 g/mol. The molecule has 6 nitrogen and oxygen atoms in total. The van der Waals surface area contributed by atoms with Crippen molar-refractivity contribution < 1.29 is 28.2 Å². The van der Waals surface area contributed by atoms with Gasteiger partial charge in [-0.3, -0.25) is 4.79 Å². The summed E-state index contributed by atoms with van der Waals surface area (Å²) in [7, 11) is 2.86. The third-order valence-corrected chi connectivity index (χ3v) is 3.40. The third kappa shape index (κ3) is 4.69. The van der Waals surface area contributed by atoms with Crippen molar-refractivity contribution in [2.45, 2.75) is 13.0 Å². The Kier molecular flexibility index (Phi) is 5.94. The van der Waals surface area contributed by atoms with Crippen molar-refractivity contribution in [1.29, 1.82) is 0 Å². The number of ether oxygens (including phenoxy) is 3. The molecule has 2 aromatic carbocycles. The molecule has 7 heteroatoms. The zero-order chi connectivity index (χ0) is 18.4. The molecule has 2 rings (SSSR count). The number of hydrogen-bond acceptors (Lipinski definition) is 5. The van der Waals surface area contributed by atoms with Gasteiger partial charge < -0.3 is 19.5 Å². The third-order valence-electron chi connectivity index (χ3n) is 3.40. The minimum absolute atomic E-state index is 0.0117. The number of esters is 1. The summed E-state index contributed by atoms with van der Waals surface area (Å²) in [5.74, 6) is -1.33. The molecule has 0 aliphatic rings. The zero-order valence-electron chi connectivity index (χ0n) is 14.0. The number of carbonyl (C=O) groups is 2. The smallest absolute Gasteiger partial charge is 0.339 e. The van der Waals surface area contributed by atoms with Crippen LogP contribution in [0.15, 0.2) is 42.5 Å². The molecule has 0 unspecified atom stereocenters. The molecule has 0 radical (unpaired) electrons. The van der Waals surface area contributed by atoms with Gasteiger partial charge in [0.25, 0.3) is 5.91 Å². The van der Waals surface area contributed by atoms with Crippen LogP contribution in [0.3, 0.4) is 0 Å². The number of halogens is 1. The molecule has 0 heterocycles. The van der Waals surface area contributed by atoms with Gasteiger partial charge >= 0.3 is 5.97 Å². The fourth-order valence-electron chi connectivity index (χ4n) is 1.99. The van der Waals surface area contributed by atoms with Gasteiger partial charge in [-0.05, 0) is 49.4 Å². The summed E-state index contributed by atoms with van der Waals surface area (Å²) < 4.78 is 28.5. The Labute approximate surface area is 144 Å². The Morgan fingerprint density at radius 2 is 1.72 bits per heavy atom. The zero-order valence-corrected chi connectivity index (χ0v) is 14.0. The molecule has 0 saturated heterocycles. The van der Waals surface area contributed by atoms with Gasteiger partial charge in [0.2, 0.25) is 0 Å². The minimum Gasteiger partial charge on any atom is -0.497 e. The highest BCUT2D eigenvalue weighted by Crippen LogP contribution is 2.19. The van der Waals surface area contributed by atoms with Crippen molar-refractivity contribution >= 4 is 17.6 Å². The Morgan fingerprint density at radius 3 is 2.28 bits per heavy atom. The van der Waals surface area contributed by atoms with Crippen molar-refractivity contribution in [2.24, 2.45) is 0 Å². The molecule has 1 atom stereocenters. The average molecular weight is 347 g/mol. The lowest BCUT2D eigenvalue weighted by Crippen LogP contribution is -2.30. The number of anilines is 1. The fourth-order valence-corrected chi connectivity index (χ4v) is 1.99. The van der Waals surface area contributed by atoms with E-state index in [4.69, 9.17) is 14.2 Å². The van der Waals surface area contributed by atoms with Crippen molar-refractivity contribution in [3.8, 4) is 11.5 Å². The highest BCUT2D eigenvalue weighted by molar-refractivity contribution is 5.97. The van der Waals surface area contributed by atoms with Gasteiger partial charge in [-0.2, -0.15) is 0 Å². The van der Waals surface area contributed by atoms with Crippen molar-refractivity contribution in [1.82, 2.24) is 0 Å². The summed E-state index contributed by atoms with van der Waals surface area (Å²) in [4.78, 5) is 24.1. The Bertz CT molecular complexity index is 761. The summed E-state index contributed by atoms with van der Waals surface area (Å²) in [6.45, 7) is 1.43. The molecule has 132 valence electrons. The number of methoxy groups -OCH3 is 2. The Morgan fingerprint density at radius 1 is 1.04 bits per heavy atom. The Balaban J connectivity index is 1.97. The lowest BCUT2D eigenvalue weighted by molar-refractivity contribution is -0.123.